The van der Waals surface area contributed by atoms with E-state index in [1.807, 2.05) is 48.5 Å². The Morgan fingerprint density at radius 1 is 0.933 bits per heavy atom. The topological polar surface area (TPSA) is 29.1 Å². The van der Waals surface area contributed by atoms with E-state index in [-0.39, 0.29) is 11.3 Å². The van der Waals surface area contributed by atoms with Gasteiger partial charge in [0.1, 0.15) is 0 Å². The largest absolute Gasteiger partial charge is 0.322 e. The van der Waals surface area contributed by atoms with Crippen LogP contribution in [0.2, 0.25) is 0 Å². The van der Waals surface area contributed by atoms with Gasteiger partial charge in [0.25, 0.3) is 5.91 Å². The summed E-state index contributed by atoms with van der Waals surface area (Å²) in [5.74, 6) is -0.0889. The van der Waals surface area contributed by atoms with Crippen molar-refractivity contribution >= 4 is 28.4 Å². The fourth-order valence-corrected chi connectivity index (χ4v) is 4.42. The van der Waals surface area contributed by atoms with Gasteiger partial charge in [-0.25, -0.2) is 0 Å². The zero-order valence-electron chi connectivity index (χ0n) is 18.0. The van der Waals surface area contributed by atoms with Crippen LogP contribution in [-0.2, 0) is 0 Å². The molecule has 0 saturated heterocycles. The van der Waals surface area contributed by atoms with E-state index < -0.39 is 0 Å². The molecule has 0 atom stereocenters. The van der Waals surface area contributed by atoms with Crippen molar-refractivity contribution in [3.8, 4) is 0 Å². The zero-order chi connectivity index (χ0) is 21.1. The van der Waals surface area contributed by atoms with Gasteiger partial charge in [-0.05, 0) is 83.8 Å². The van der Waals surface area contributed by atoms with Crippen LogP contribution in [-0.4, -0.2) is 5.91 Å². The standard InChI is InChI=1S/C28H29NO/c1-20-8-7-17-28(2,3)26(20)16-12-21-11-13-23-19-24(15-14-22(23)18-21)27(30)29-25-9-5-4-6-10-25/h4-6,9-16,18-19H,7-8,17H2,1-3H3,(H,29,30). The Hall–Kier alpha value is -3.13. The molecule has 3 aromatic rings. The third-order valence-corrected chi connectivity index (χ3v) is 6.14. The molecule has 3 aromatic carbocycles. The normalized spacial score (nSPS) is 16.2. The third kappa shape index (κ3) is 4.38. The molecular formula is C28H29NO. The highest BCUT2D eigenvalue weighted by Crippen LogP contribution is 2.41. The lowest BCUT2D eigenvalue weighted by atomic mass is 9.72. The molecule has 1 aliphatic carbocycles. The number of hydrogen-bond donors (Lipinski definition) is 1. The van der Waals surface area contributed by atoms with Crippen molar-refractivity contribution in [1.82, 2.24) is 0 Å². The van der Waals surface area contributed by atoms with Crippen molar-refractivity contribution < 1.29 is 4.79 Å². The second-order valence-corrected chi connectivity index (χ2v) is 8.91. The Morgan fingerprint density at radius 3 is 2.43 bits per heavy atom. The maximum atomic E-state index is 12.6. The van der Waals surface area contributed by atoms with Crippen LogP contribution < -0.4 is 5.32 Å². The third-order valence-electron chi connectivity index (χ3n) is 6.14. The first-order valence-corrected chi connectivity index (χ1v) is 10.7. The maximum absolute atomic E-state index is 12.6. The van der Waals surface area contributed by atoms with Crippen molar-refractivity contribution in [2.24, 2.45) is 5.41 Å². The summed E-state index contributed by atoms with van der Waals surface area (Å²) in [5, 5.41) is 5.16. The van der Waals surface area contributed by atoms with E-state index in [0.29, 0.717) is 5.56 Å². The molecule has 152 valence electrons. The van der Waals surface area contributed by atoms with Crippen LogP contribution >= 0.6 is 0 Å². The number of nitrogens with one attached hydrogen (secondary N) is 1. The summed E-state index contributed by atoms with van der Waals surface area (Å²) in [5.41, 5.74) is 5.89. The van der Waals surface area contributed by atoms with E-state index >= 15 is 0 Å². The number of hydrogen-bond acceptors (Lipinski definition) is 1. The summed E-state index contributed by atoms with van der Waals surface area (Å²) in [6, 6.07) is 21.8. The van der Waals surface area contributed by atoms with Crippen molar-refractivity contribution in [3.63, 3.8) is 0 Å². The predicted octanol–water partition coefficient (Wildman–Crippen LogP) is 7.63. The summed E-state index contributed by atoms with van der Waals surface area (Å²) in [6.07, 6.45) is 8.26. The van der Waals surface area contributed by atoms with Crippen LogP contribution in [0.25, 0.3) is 16.8 Å². The van der Waals surface area contributed by atoms with Gasteiger partial charge in [-0.15, -0.1) is 0 Å². The summed E-state index contributed by atoms with van der Waals surface area (Å²) in [7, 11) is 0. The van der Waals surface area contributed by atoms with Gasteiger partial charge in [0.05, 0.1) is 0 Å². The number of benzene rings is 3. The van der Waals surface area contributed by atoms with Crippen LogP contribution in [0.5, 0.6) is 0 Å². The smallest absolute Gasteiger partial charge is 0.255 e. The maximum Gasteiger partial charge on any atom is 0.255 e. The van der Waals surface area contributed by atoms with Crippen LogP contribution in [0.15, 0.2) is 84.0 Å². The van der Waals surface area contributed by atoms with Crippen LogP contribution in [0, 0.1) is 5.41 Å². The molecule has 1 N–H and O–H groups in total. The Balaban J connectivity index is 1.55. The lowest BCUT2D eigenvalue weighted by Gasteiger charge is -2.32. The predicted molar refractivity (Wildman–Crippen MR) is 128 cm³/mol. The van der Waals surface area contributed by atoms with Gasteiger partial charge in [0.2, 0.25) is 0 Å². The van der Waals surface area contributed by atoms with E-state index in [0.717, 1.165) is 16.5 Å². The summed E-state index contributed by atoms with van der Waals surface area (Å²) in [6.45, 7) is 6.96. The first-order valence-electron chi connectivity index (χ1n) is 10.7. The average molecular weight is 396 g/mol. The van der Waals surface area contributed by atoms with Gasteiger partial charge >= 0.3 is 0 Å². The lowest BCUT2D eigenvalue weighted by Crippen LogP contribution is -2.18. The SMILES string of the molecule is CC1=C(C=Cc2ccc3cc(C(=O)Nc4ccccc4)ccc3c2)C(C)(C)CCC1. The van der Waals surface area contributed by atoms with E-state index in [4.69, 9.17) is 0 Å². The quantitative estimate of drug-likeness (QED) is 0.483. The Morgan fingerprint density at radius 2 is 1.67 bits per heavy atom. The summed E-state index contributed by atoms with van der Waals surface area (Å²) in [4.78, 5) is 12.6. The fraction of sp³-hybridized carbons (Fsp3) is 0.250. The molecular weight excluding hydrogens is 366 g/mol. The van der Waals surface area contributed by atoms with E-state index in [9.17, 15) is 4.79 Å². The number of para-hydroxylation sites is 1. The molecule has 0 heterocycles. The molecule has 0 spiro atoms. The van der Waals surface area contributed by atoms with E-state index in [1.165, 1.54) is 36.0 Å². The van der Waals surface area contributed by atoms with Crippen LogP contribution in [0.1, 0.15) is 56.0 Å². The van der Waals surface area contributed by atoms with Crippen LogP contribution in [0.3, 0.4) is 0 Å². The highest BCUT2D eigenvalue weighted by molar-refractivity contribution is 6.06. The molecule has 0 aliphatic heterocycles. The molecule has 2 heteroatoms. The second-order valence-electron chi connectivity index (χ2n) is 8.91. The van der Waals surface area contributed by atoms with Gasteiger partial charge in [-0.1, -0.05) is 68.0 Å². The molecule has 0 radical (unpaired) electrons. The van der Waals surface area contributed by atoms with Crippen molar-refractivity contribution in [1.29, 1.82) is 0 Å². The molecule has 0 saturated carbocycles. The van der Waals surface area contributed by atoms with Crippen molar-refractivity contribution in [3.05, 3.63) is 95.1 Å². The molecule has 30 heavy (non-hydrogen) atoms. The van der Waals surface area contributed by atoms with Gasteiger partial charge in [0, 0.05) is 11.3 Å². The number of anilines is 1. The summed E-state index contributed by atoms with van der Waals surface area (Å²) < 4.78 is 0. The molecule has 2 nitrogen and oxygen atoms in total. The van der Waals surface area contributed by atoms with Gasteiger partial charge in [0.15, 0.2) is 0 Å². The van der Waals surface area contributed by atoms with Crippen LogP contribution in [0.4, 0.5) is 5.69 Å². The first kappa shape index (κ1) is 20.2. The number of allylic oxidation sites excluding steroid dienone is 3. The van der Waals surface area contributed by atoms with Gasteiger partial charge in [-0.3, -0.25) is 4.79 Å². The molecule has 0 bridgehead atoms. The number of carbonyl (C=O) groups excluding carboxylic acids is 1. The molecule has 0 aromatic heterocycles. The lowest BCUT2D eigenvalue weighted by molar-refractivity contribution is 0.102. The minimum atomic E-state index is -0.0889. The van der Waals surface area contributed by atoms with Crippen molar-refractivity contribution in [2.75, 3.05) is 5.32 Å². The summed E-state index contributed by atoms with van der Waals surface area (Å²) >= 11 is 0. The van der Waals surface area contributed by atoms with Gasteiger partial charge < -0.3 is 5.32 Å². The second kappa shape index (κ2) is 8.31. The Labute approximate surface area is 179 Å². The monoisotopic (exact) mass is 395 g/mol. The minimum absolute atomic E-state index is 0.0889. The Kier molecular flexibility index (Phi) is 5.59. The first-order chi connectivity index (χ1) is 14.4. The minimum Gasteiger partial charge on any atom is -0.322 e. The van der Waals surface area contributed by atoms with E-state index in [1.54, 1.807) is 0 Å². The van der Waals surface area contributed by atoms with Gasteiger partial charge in [-0.2, -0.15) is 0 Å². The number of carbonyl (C=O) groups is 1. The fourth-order valence-electron chi connectivity index (χ4n) is 4.42. The Bertz CT molecular complexity index is 1140. The molecule has 0 unspecified atom stereocenters. The number of rotatable bonds is 4. The molecule has 4 rings (SSSR count). The highest BCUT2D eigenvalue weighted by atomic mass is 16.1. The highest BCUT2D eigenvalue weighted by Gasteiger charge is 2.26. The number of fused-ring (bicyclic) bond motifs is 1. The number of amides is 1. The zero-order valence-corrected chi connectivity index (χ0v) is 18.0. The average Bonchev–Trinajstić information content (AvgIpc) is 2.73. The molecule has 1 aliphatic rings. The van der Waals surface area contributed by atoms with Crippen molar-refractivity contribution in [2.45, 2.75) is 40.0 Å². The van der Waals surface area contributed by atoms with E-state index in [2.05, 4.69) is 56.4 Å². The molecule has 0 fully saturated rings. The molecule has 1 amide bonds.